The lowest BCUT2D eigenvalue weighted by atomic mass is 10.0. The second kappa shape index (κ2) is 9.19. The third-order valence-corrected chi connectivity index (χ3v) is 4.80. The summed E-state index contributed by atoms with van der Waals surface area (Å²) in [6.07, 6.45) is 1.88. The van der Waals surface area contributed by atoms with E-state index in [1.54, 1.807) is 31.3 Å². The Labute approximate surface area is 159 Å². The van der Waals surface area contributed by atoms with Gasteiger partial charge in [0.15, 0.2) is 0 Å². The zero-order chi connectivity index (χ0) is 19.1. The second-order valence-electron chi connectivity index (χ2n) is 6.79. The van der Waals surface area contributed by atoms with Gasteiger partial charge in [-0.3, -0.25) is 9.69 Å². The molecule has 27 heavy (non-hydrogen) atoms. The van der Waals surface area contributed by atoms with Crippen LogP contribution in [0.5, 0.6) is 0 Å². The van der Waals surface area contributed by atoms with E-state index in [0.29, 0.717) is 11.3 Å². The van der Waals surface area contributed by atoms with Gasteiger partial charge < -0.3 is 16.0 Å². The fraction of sp³-hybridized carbons (Fsp3) is 0.333. The number of likely N-dealkylation sites (tertiary alicyclic amines) is 1. The van der Waals surface area contributed by atoms with Gasteiger partial charge in [0, 0.05) is 44.0 Å². The van der Waals surface area contributed by atoms with Crippen molar-refractivity contribution in [2.45, 2.75) is 25.4 Å². The summed E-state index contributed by atoms with van der Waals surface area (Å²) < 4.78 is 0. The molecule has 1 fully saturated rings. The summed E-state index contributed by atoms with van der Waals surface area (Å²) >= 11 is 0. The highest BCUT2D eigenvalue weighted by Gasteiger charge is 2.20. The number of nitrogens with one attached hydrogen (secondary N) is 3. The van der Waals surface area contributed by atoms with Gasteiger partial charge in [0.1, 0.15) is 0 Å². The maximum Gasteiger partial charge on any atom is 0.319 e. The van der Waals surface area contributed by atoms with Gasteiger partial charge in [-0.25, -0.2) is 4.79 Å². The minimum Gasteiger partial charge on any atom is -0.355 e. The number of hydrogen-bond acceptors (Lipinski definition) is 3. The fourth-order valence-electron chi connectivity index (χ4n) is 3.28. The third kappa shape index (κ3) is 5.56. The smallest absolute Gasteiger partial charge is 0.319 e. The van der Waals surface area contributed by atoms with Crippen LogP contribution in [-0.4, -0.2) is 43.0 Å². The molecule has 2 aromatic carbocycles. The zero-order valence-electron chi connectivity index (χ0n) is 15.6. The summed E-state index contributed by atoms with van der Waals surface area (Å²) in [4.78, 5) is 26.2. The highest BCUT2D eigenvalue weighted by atomic mass is 16.2. The largest absolute Gasteiger partial charge is 0.355 e. The van der Waals surface area contributed by atoms with Crippen LogP contribution in [0, 0.1) is 0 Å². The van der Waals surface area contributed by atoms with Crippen LogP contribution in [0.3, 0.4) is 0 Å². The molecule has 6 heteroatoms. The quantitative estimate of drug-likeness (QED) is 0.762. The number of piperidine rings is 1. The van der Waals surface area contributed by atoms with E-state index in [1.165, 1.54) is 5.56 Å². The minimum absolute atomic E-state index is 0.145. The molecule has 0 saturated carbocycles. The van der Waals surface area contributed by atoms with Crippen molar-refractivity contribution < 1.29 is 9.59 Å². The van der Waals surface area contributed by atoms with Crippen LogP contribution in [0.15, 0.2) is 54.6 Å². The fourth-order valence-corrected chi connectivity index (χ4v) is 3.28. The van der Waals surface area contributed by atoms with E-state index in [-0.39, 0.29) is 18.0 Å². The monoisotopic (exact) mass is 366 g/mol. The van der Waals surface area contributed by atoms with Gasteiger partial charge in [0.25, 0.3) is 5.91 Å². The third-order valence-electron chi connectivity index (χ3n) is 4.80. The Hall–Kier alpha value is -2.86. The first-order chi connectivity index (χ1) is 13.1. The lowest BCUT2D eigenvalue weighted by Gasteiger charge is -2.32. The molecule has 0 radical (unpaired) electrons. The van der Waals surface area contributed by atoms with Crippen LogP contribution in [0.4, 0.5) is 10.5 Å². The van der Waals surface area contributed by atoms with Gasteiger partial charge in [-0.1, -0.05) is 30.3 Å². The van der Waals surface area contributed by atoms with Crippen molar-refractivity contribution in [3.05, 3.63) is 65.7 Å². The van der Waals surface area contributed by atoms with E-state index in [9.17, 15) is 9.59 Å². The van der Waals surface area contributed by atoms with Crippen LogP contribution in [0.25, 0.3) is 0 Å². The predicted octanol–water partition coefficient (Wildman–Crippen LogP) is 2.83. The molecule has 0 aliphatic carbocycles. The number of carbonyl (C=O) groups is 2. The van der Waals surface area contributed by atoms with E-state index in [0.717, 1.165) is 32.5 Å². The first kappa shape index (κ1) is 18.9. The van der Waals surface area contributed by atoms with Crippen molar-refractivity contribution in [2.24, 2.45) is 0 Å². The van der Waals surface area contributed by atoms with Crippen molar-refractivity contribution in [1.82, 2.24) is 15.5 Å². The van der Waals surface area contributed by atoms with Crippen molar-refractivity contribution >= 4 is 17.6 Å². The maximum absolute atomic E-state index is 12.2. The molecule has 6 nitrogen and oxygen atoms in total. The van der Waals surface area contributed by atoms with Crippen LogP contribution in [0.1, 0.15) is 28.8 Å². The number of anilines is 1. The van der Waals surface area contributed by atoms with E-state index in [1.807, 2.05) is 6.07 Å². The molecule has 0 spiro atoms. The Morgan fingerprint density at radius 1 is 1.00 bits per heavy atom. The van der Waals surface area contributed by atoms with E-state index < -0.39 is 0 Å². The average Bonchev–Trinajstić information content (AvgIpc) is 2.70. The average molecular weight is 366 g/mol. The van der Waals surface area contributed by atoms with Crippen LogP contribution < -0.4 is 16.0 Å². The van der Waals surface area contributed by atoms with Gasteiger partial charge in [-0.2, -0.15) is 0 Å². The molecule has 1 saturated heterocycles. The minimum atomic E-state index is -0.204. The highest BCUT2D eigenvalue weighted by Crippen LogP contribution is 2.14. The predicted molar refractivity (Wildman–Crippen MR) is 107 cm³/mol. The molecule has 0 atom stereocenters. The topological polar surface area (TPSA) is 73.5 Å². The molecule has 1 aliphatic rings. The standard InChI is InChI=1S/C21H26N4O2/c1-22-20(26)17-7-9-18(10-8-17)23-21(27)24-19-11-13-25(14-12-19)15-16-5-3-2-4-6-16/h2-10,19H,11-15H2,1H3,(H,22,26)(H2,23,24,27). The van der Waals surface area contributed by atoms with Gasteiger partial charge in [0.05, 0.1) is 0 Å². The molecule has 0 aromatic heterocycles. The van der Waals surface area contributed by atoms with E-state index >= 15 is 0 Å². The lowest BCUT2D eigenvalue weighted by Crippen LogP contribution is -2.45. The number of urea groups is 1. The van der Waals surface area contributed by atoms with Crippen molar-refractivity contribution in [3.8, 4) is 0 Å². The summed E-state index contributed by atoms with van der Waals surface area (Å²) in [5, 5.41) is 8.45. The lowest BCUT2D eigenvalue weighted by molar-refractivity contribution is 0.0963. The number of carbonyl (C=O) groups excluding carboxylic acids is 2. The van der Waals surface area contributed by atoms with Gasteiger partial charge in [0.2, 0.25) is 0 Å². The Morgan fingerprint density at radius 2 is 1.67 bits per heavy atom. The Bertz CT molecular complexity index is 754. The number of hydrogen-bond donors (Lipinski definition) is 3. The molecule has 3 rings (SSSR count). The molecule has 0 bridgehead atoms. The van der Waals surface area contributed by atoms with Crippen LogP contribution in [0.2, 0.25) is 0 Å². The van der Waals surface area contributed by atoms with E-state index in [2.05, 4.69) is 45.1 Å². The Kier molecular flexibility index (Phi) is 6.44. The summed E-state index contributed by atoms with van der Waals surface area (Å²) in [5.74, 6) is -0.145. The van der Waals surface area contributed by atoms with Crippen molar-refractivity contribution in [3.63, 3.8) is 0 Å². The molecular weight excluding hydrogens is 340 g/mol. The highest BCUT2D eigenvalue weighted by molar-refractivity contribution is 5.95. The number of rotatable bonds is 5. The van der Waals surface area contributed by atoms with Gasteiger partial charge in [-0.15, -0.1) is 0 Å². The summed E-state index contributed by atoms with van der Waals surface area (Å²) in [7, 11) is 1.59. The number of benzene rings is 2. The number of nitrogens with zero attached hydrogens (tertiary/aromatic N) is 1. The second-order valence-corrected chi connectivity index (χ2v) is 6.79. The molecule has 1 aliphatic heterocycles. The summed E-state index contributed by atoms with van der Waals surface area (Å²) in [5.41, 5.74) is 2.55. The summed E-state index contributed by atoms with van der Waals surface area (Å²) in [6, 6.07) is 17.3. The molecule has 142 valence electrons. The normalized spacial score (nSPS) is 15.1. The molecule has 0 unspecified atom stereocenters. The molecule has 1 heterocycles. The molecule has 2 aromatic rings. The van der Waals surface area contributed by atoms with Crippen LogP contribution in [-0.2, 0) is 6.54 Å². The number of amides is 3. The summed E-state index contributed by atoms with van der Waals surface area (Å²) in [6.45, 7) is 2.90. The first-order valence-electron chi connectivity index (χ1n) is 9.30. The van der Waals surface area contributed by atoms with Gasteiger partial charge in [-0.05, 0) is 42.7 Å². The SMILES string of the molecule is CNC(=O)c1ccc(NC(=O)NC2CCN(Cc3ccccc3)CC2)cc1. The Balaban J connectivity index is 1.42. The Morgan fingerprint density at radius 3 is 2.30 bits per heavy atom. The van der Waals surface area contributed by atoms with E-state index in [4.69, 9.17) is 0 Å². The maximum atomic E-state index is 12.2. The van der Waals surface area contributed by atoms with Crippen LogP contribution >= 0.6 is 0 Å². The molecule has 3 amide bonds. The van der Waals surface area contributed by atoms with Crippen molar-refractivity contribution in [1.29, 1.82) is 0 Å². The van der Waals surface area contributed by atoms with Gasteiger partial charge >= 0.3 is 6.03 Å². The van der Waals surface area contributed by atoms with Crippen molar-refractivity contribution in [2.75, 3.05) is 25.5 Å². The first-order valence-corrected chi connectivity index (χ1v) is 9.30. The molecule has 3 N–H and O–H groups in total. The zero-order valence-corrected chi connectivity index (χ0v) is 15.6. The molecular formula is C21H26N4O2.